The average molecular weight is 439 g/mol. The minimum absolute atomic E-state index is 0.197. The fourth-order valence-corrected chi connectivity index (χ4v) is 3.63. The van der Waals surface area contributed by atoms with E-state index in [1.165, 1.54) is 11.1 Å². The van der Waals surface area contributed by atoms with Crippen LogP contribution >= 0.6 is 0 Å². The zero-order valence-corrected chi connectivity index (χ0v) is 19.3. The normalized spacial score (nSPS) is 13.0. The first kappa shape index (κ1) is 23.4. The maximum absolute atomic E-state index is 12.6. The number of carbonyl (C=O) groups is 1. The second-order valence-electron chi connectivity index (χ2n) is 7.80. The molecule has 1 heterocycles. The molecule has 7 nitrogen and oxygen atoms in total. The summed E-state index contributed by atoms with van der Waals surface area (Å²) in [5, 5.41) is 3.31. The topological polar surface area (TPSA) is 66.4 Å². The lowest BCUT2D eigenvalue weighted by Crippen LogP contribution is -2.41. The molecule has 0 unspecified atom stereocenters. The second kappa shape index (κ2) is 12.0. The molecule has 0 saturated carbocycles. The Morgan fingerprint density at radius 1 is 1.09 bits per heavy atom. The van der Waals surface area contributed by atoms with E-state index in [1.807, 2.05) is 60.2 Å². The molecule has 0 saturated heterocycles. The number of hydrogen-bond acceptors (Lipinski definition) is 4. The second-order valence-corrected chi connectivity index (χ2v) is 7.80. The molecule has 1 amide bonds. The summed E-state index contributed by atoms with van der Waals surface area (Å²) in [6.45, 7) is 6.12. The Kier molecular flexibility index (Phi) is 8.78. The predicted molar refractivity (Wildman–Crippen MR) is 127 cm³/mol. The van der Waals surface area contributed by atoms with Crippen molar-refractivity contribution in [3.8, 4) is 11.5 Å². The van der Waals surface area contributed by atoms with Crippen LogP contribution in [0, 0.1) is 0 Å². The number of nitrogens with zero attached hydrogens (tertiary/aromatic N) is 3. The van der Waals surface area contributed by atoms with Gasteiger partial charge in [0.2, 0.25) is 5.91 Å². The minimum Gasteiger partial charge on any atom is -0.497 e. The Bertz CT molecular complexity index is 873. The summed E-state index contributed by atoms with van der Waals surface area (Å²) in [6, 6.07) is 15.8. The van der Waals surface area contributed by atoms with Crippen LogP contribution in [0.5, 0.6) is 11.5 Å². The first-order chi connectivity index (χ1) is 15.6. The van der Waals surface area contributed by atoms with Gasteiger partial charge in [-0.2, -0.15) is 0 Å². The lowest BCUT2D eigenvalue weighted by molar-refractivity contribution is -0.131. The highest BCUT2D eigenvalue weighted by atomic mass is 16.5. The first-order valence-corrected chi connectivity index (χ1v) is 11.2. The number of likely N-dealkylation sites (N-methyl/N-ethyl adjacent to an activating group) is 1. The number of benzene rings is 2. The number of nitrogens with one attached hydrogen (secondary N) is 1. The number of hydrogen-bond donors (Lipinski definition) is 1. The van der Waals surface area contributed by atoms with Gasteiger partial charge in [0.25, 0.3) is 0 Å². The summed E-state index contributed by atoms with van der Waals surface area (Å²) in [5.41, 5.74) is 2.51. The van der Waals surface area contributed by atoms with Gasteiger partial charge in [0.05, 0.1) is 13.7 Å². The maximum Gasteiger partial charge on any atom is 0.223 e. The molecule has 0 radical (unpaired) electrons. The van der Waals surface area contributed by atoms with E-state index in [0.29, 0.717) is 26.1 Å². The Balaban J connectivity index is 1.40. The van der Waals surface area contributed by atoms with Crippen molar-refractivity contribution in [2.45, 2.75) is 32.9 Å². The minimum atomic E-state index is 0.197. The summed E-state index contributed by atoms with van der Waals surface area (Å²) in [6.07, 6.45) is 1.25. The third-order valence-corrected chi connectivity index (χ3v) is 5.46. The zero-order valence-electron chi connectivity index (χ0n) is 19.3. The van der Waals surface area contributed by atoms with E-state index in [-0.39, 0.29) is 5.91 Å². The predicted octanol–water partition coefficient (Wildman–Crippen LogP) is 3.29. The number of guanidine groups is 1. The lowest BCUT2D eigenvalue weighted by atomic mass is 10.1. The number of carbonyl (C=O) groups excluding carboxylic acids is 1. The Morgan fingerprint density at radius 3 is 2.38 bits per heavy atom. The third-order valence-electron chi connectivity index (χ3n) is 5.46. The van der Waals surface area contributed by atoms with Crippen molar-refractivity contribution in [2.75, 3.05) is 40.4 Å². The van der Waals surface area contributed by atoms with Gasteiger partial charge in [-0.25, -0.2) is 0 Å². The van der Waals surface area contributed by atoms with Gasteiger partial charge in [0, 0.05) is 39.6 Å². The van der Waals surface area contributed by atoms with Crippen LogP contribution in [0.25, 0.3) is 0 Å². The van der Waals surface area contributed by atoms with Gasteiger partial charge >= 0.3 is 0 Å². The van der Waals surface area contributed by atoms with Crippen LogP contribution in [0.3, 0.4) is 0 Å². The Hall–Kier alpha value is -3.22. The largest absolute Gasteiger partial charge is 0.497 e. The maximum atomic E-state index is 12.6. The molecular formula is C25H34N4O3. The van der Waals surface area contributed by atoms with Crippen molar-refractivity contribution >= 4 is 11.9 Å². The van der Waals surface area contributed by atoms with Crippen molar-refractivity contribution < 1.29 is 14.3 Å². The summed E-state index contributed by atoms with van der Waals surface area (Å²) >= 11 is 0. The summed E-state index contributed by atoms with van der Waals surface area (Å²) in [4.78, 5) is 21.2. The van der Waals surface area contributed by atoms with E-state index < -0.39 is 0 Å². The molecule has 2 aromatic carbocycles. The Labute approximate surface area is 191 Å². The van der Waals surface area contributed by atoms with Gasteiger partial charge < -0.3 is 24.6 Å². The van der Waals surface area contributed by atoms with Gasteiger partial charge in [-0.3, -0.25) is 9.79 Å². The molecule has 0 bridgehead atoms. The highest BCUT2D eigenvalue weighted by molar-refractivity contribution is 5.80. The van der Waals surface area contributed by atoms with Crippen molar-refractivity contribution in [3.05, 3.63) is 59.7 Å². The molecule has 0 spiro atoms. The smallest absolute Gasteiger partial charge is 0.223 e. The monoisotopic (exact) mass is 438 g/mol. The highest BCUT2D eigenvalue weighted by Gasteiger charge is 2.22. The number of ether oxygens (including phenoxy) is 2. The number of rotatable bonds is 10. The summed E-state index contributed by atoms with van der Waals surface area (Å²) in [5.74, 6) is 2.64. The van der Waals surface area contributed by atoms with Gasteiger partial charge in [-0.1, -0.05) is 24.3 Å². The van der Waals surface area contributed by atoms with Crippen LogP contribution in [0.1, 0.15) is 30.9 Å². The summed E-state index contributed by atoms with van der Waals surface area (Å²) in [7, 11) is 3.64. The first-order valence-electron chi connectivity index (χ1n) is 11.2. The van der Waals surface area contributed by atoms with E-state index in [0.717, 1.165) is 43.5 Å². The fraction of sp³-hybridized carbons (Fsp3) is 0.440. The number of amides is 1. The van der Waals surface area contributed by atoms with Crippen LogP contribution < -0.4 is 14.8 Å². The Morgan fingerprint density at radius 2 is 1.75 bits per heavy atom. The van der Waals surface area contributed by atoms with Gasteiger partial charge in [-0.05, 0) is 48.7 Å². The third kappa shape index (κ3) is 6.64. The molecule has 1 aliphatic rings. The quantitative estimate of drug-likeness (QED) is 0.350. The van der Waals surface area contributed by atoms with Crippen LogP contribution in [0.4, 0.5) is 0 Å². The van der Waals surface area contributed by atoms with Gasteiger partial charge in [0.15, 0.2) is 5.96 Å². The lowest BCUT2D eigenvalue weighted by Gasteiger charge is -2.22. The molecule has 3 rings (SSSR count). The van der Waals surface area contributed by atoms with Crippen LogP contribution in [-0.2, 0) is 17.9 Å². The molecule has 0 fully saturated rings. The highest BCUT2D eigenvalue weighted by Crippen LogP contribution is 2.23. The van der Waals surface area contributed by atoms with E-state index >= 15 is 0 Å². The molecule has 1 N–H and O–H groups in total. The summed E-state index contributed by atoms with van der Waals surface area (Å²) < 4.78 is 11.0. The number of methoxy groups -OCH3 is 1. The molecule has 0 atom stereocenters. The van der Waals surface area contributed by atoms with Crippen molar-refractivity contribution in [1.29, 1.82) is 0 Å². The van der Waals surface area contributed by atoms with E-state index in [2.05, 4.69) is 22.4 Å². The molecule has 2 aromatic rings. The fourth-order valence-electron chi connectivity index (χ4n) is 3.63. The SMILES string of the molecule is CCNC(=NCCCC(=O)N1Cc2ccccc2C1)N(C)CCOc1ccc(OC)cc1. The molecular weight excluding hydrogens is 404 g/mol. The zero-order chi connectivity index (χ0) is 22.8. The van der Waals surface area contributed by atoms with E-state index in [4.69, 9.17) is 9.47 Å². The van der Waals surface area contributed by atoms with Gasteiger partial charge in [0.1, 0.15) is 18.1 Å². The van der Waals surface area contributed by atoms with Crippen molar-refractivity contribution in [3.63, 3.8) is 0 Å². The molecule has 172 valence electrons. The van der Waals surface area contributed by atoms with E-state index in [9.17, 15) is 4.79 Å². The number of aliphatic imine (C=N–C) groups is 1. The van der Waals surface area contributed by atoms with Crippen LogP contribution in [-0.4, -0.2) is 62.1 Å². The number of fused-ring (bicyclic) bond motifs is 1. The molecule has 7 heteroatoms. The molecule has 32 heavy (non-hydrogen) atoms. The molecule has 1 aliphatic heterocycles. The van der Waals surface area contributed by atoms with Crippen molar-refractivity contribution in [2.24, 2.45) is 4.99 Å². The van der Waals surface area contributed by atoms with Gasteiger partial charge in [-0.15, -0.1) is 0 Å². The average Bonchev–Trinajstić information content (AvgIpc) is 3.26. The molecule has 0 aliphatic carbocycles. The molecule has 0 aromatic heterocycles. The standard InChI is InChI=1S/C25H34N4O3/c1-4-26-25(28(2)16-17-32-23-13-11-22(31-3)12-14-23)27-15-7-10-24(30)29-18-20-8-5-6-9-21(20)19-29/h5-6,8-9,11-14H,4,7,10,15-19H2,1-3H3,(H,26,27). The van der Waals surface area contributed by atoms with Crippen molar-refractivity contribution in [1.82, 2.24) is 15.1 Å². The van der Waals surface area contributed by atoms with E-state index in [1.54, 1.807) is 7.11 Å². The van der Waals surface area contributed by atoms with Crippen LogP contribution in [0.15, 0.2) is 53.5 Å². The van der Waals surface area contributed by atoms with Crippen LogP contribution in [0.2, 0.25) is 0 Å².